The molecule has 186 valence electrons. The van der Waals surface area contributed by atoms with Crippen LogP contribution in [0.1, 0.15) is 18.4 Å². The van der Waals surface area contributed by atoms with Crippen LogP contribution in [0.2, 0.25) is 0 Å². The molecule has 0 saturated carbocycles. The molecule has 3 aromatic rings. The number of hydrogen-bond donors (Lipinski definition) is 3. The van der Waals surface area contributed by atoms with Crippen LogP contribution in [0.15, 0.2) is 48.7 Å². The first-order valence-electron chi connectivity index (χ1n) is 12.4. The molecular formula is C26H32N10. The Labute approximate surface area is 211 Å². The Hall–Kier alpha value is -3.94. The summed E-state index contributed by atoms with van der Waals surface area (Å²) in [5, 5.41) is 15.7. The fourth-order valence-electron chi connectivity index (χ4n) is 4.85. The van der Waals surface area contributed by atoms with Gasteiger partial charge in [0, 0.05) is 43.6 Å². The molecule has 0 amide bonds. The van der Waals surface area contributed by atoms with E-state index in [0.29, 0.717) is 29.0 Å². The zero-order chi connectivity index (χ0) is 24.9. The topological polar surface area (TPSA) is 122 Å². The van der Waals surface area contributed by atoms with Crippen molar-refractivity contribution in [1.82, 2.24) is 24.8 Å². The molecule has 0 unspecified atom stereocenters. The van der Waals surface area contributed by atoms with Crippen LogP contribution in [0.25, 0.3) is 0 Å². The summed E-state index contributed by atoms with van der Waals surface area (Å²) < 4.78 is 0. The average molecular weight is 485 g/mol. The van der Waals surface area contributed by atoms with Gasteiger partial charge in [-0.15, -0.1) is 0 Å². The molecule has 2 fully saturated rings. The Morgan fingerprint density at radius 3 is 2.39 bits per heavy atom. The number of anilines is 6. The summed E-state index contributed by atoms with van der Waals surface area (Å²) in [5.74, 6) is 1.65. The zero-order valence-electron chi connectivity index (χ0n) is 20.6. The number of hydrogen-bond acceptors (Lipinski definition) is 10. The third-order valence-electron chi connectivity index (χ3n) is 6.93. The van der Waals surface area contributed by atoms with E-state index in [1.165, 1.54) is 37.8 Å². The summed E-state index contributed by atoms with van der Waals surface area (Å²) in [6.07, 6.45) is 4.05. The predicted octanol–water partition coefficient (Wildman–Crippen LogP) is 3.03. The van der Waals surface area contributed by atoms with E-state index >= 15 is 0 Å². The fraction of sp³-hybridized carbons (Fsp3) is 0.385. The van der Waals surface area contributed by atoms with Crippen LogP contribution in [-0.4, -0.2) is 77.1 Å². The summed E-state index contributed by atoms with van der Waals surface area (Å²) in [5.41, 5.74) is 8.17. The van der Waals surface area contributed by atoms with Crippen molar-refractivity contribution < 1.29 is 0 Å². The number of nitrogens with one attached hydrogen (secondary N) is 2. The maximum Gasteiger partial charge on any atom is 0.229 e. The third kappa shape index (κ3) is 5.64. The molecular weight excluding hydrogens is 452 g/mol. The number of piperidine rings is 1. The summed E-state index contributed by atoms with van der Waals surface area (Å²) in [7, 11) is 2.22. The molecule has 5 rings (SSSR count). The maximum atomic E-state index is 9.44. The van der Waals surface area contributed by atoms with Crippen molar-refractivity contribution in [1.29, 1.82) is 5.26 Å². The highest BCUT2D eigenvalue weighted by Gasteiger charge is 2.26. The van der Waals surface area contributed by atoms with Gasteiger partial charge in [0.1, 0.15) is 23.3 Å². The third-order valence-corrected chi connectivity index (χ3v) is 6.93. The highest BCUT2D eigenvalue weighted by Crippen LogP contribution is 2.25. The van der Waals surface area contributed by atoms with Crippen LogP contribution in [0.3, 0.4) is 0 Å². The van der Waals surface area contributed by atoms with Crippen LogP contribution in [0.5, 0.6) is 0 Å². The van der Waals surface area contributed by atoms with Crippen molar-refractivity contribution in [2.45, 2.75) is 18.9 Å². The molecule has 2 aromatic heterocycles. The molecule has 2 saturated heterocycles. The highest BCUT2D eigenvalue weighted by molar-refractivity contribution is 5.64. The van der Waals surface area contributed by atoms with Gasteiger partial charge in [0.2, 0.25) is 5.95 Å². The number of pyridine rings is 1. The van der Waals surface area contributed by atoms with Gasteiger partial charge in [-0.2, -0.15) is 10.2 Å². The first-order chi connectivity index (χ1) is 17.6. The SMILES string of the molecule is CN1CCC(N2CCN(c3ccc(Nc4ncc(C#N)c(Nc5cccc(N)n5)n4)cc3)CC2)CC1. The molecule has 0 bridgehead atoms. The van der Waals surface area contributed by atoms with Crippen LogP contribution in [-0.2, 0) is 0 Å². The second kappa shape index (κ2) is 10.8. The number of piperazine rings is 1. The van der Waals surface area contributed by atoms with E-state index in [4.69, 9.17) is 5.73 Å². The van der Waals surface area contributed by atoms with Gasteiger partial charge < -0.3 is 26.2 Å². The molecule has 1 aromatic carbocycles. The van der Waals surface area contributed by atoms with Crippen molar-refractivity contribution in [2.24, 2.45) is 0 Å². The van der Waals surface area contributed by atoms with E-state index in [1.54, 1.807) is 18.2 Å². The van der Waals surface area contributed by atoms with E-state index in [2.05, 4.69) is 65.5 Å². The van der Waals surface area contributed by atoms with Gasteiger partial charge in [-0.1, -0.05) is 6.07 Å². The molecule has 10 nitrogen and oxygen atoms in total. The first kappa shape index (κ1) is 23.8. The Balaban J connectivity index is 1.20. The van der Waals surface area contributed by atoms with Crippen molar-refractivity contribution in [3.8, 4) is 6.07 Å². The van der Waals surface area contributed by atoms with Crippen molar-refractivity contribution >= 4 is 34.8 Å². The standard InChI is InChI=1S/C26H32N10/c1-34-11-9-22(10-12-34)36-15-13-35(14-16-36)21-7-5-20(6-8-21)30-26-29-18-19(17-27)25(33-26)32-24-4-2-3-23(28)31-24/h2-8,18,22H,9-16H2,1H3,(H4,28,29,30,31,32,33). The normalized spacial score (nSPS) is 17.5. The van der Waals surface area contributed by atoms with Crippen LogP contribution in [0.4, 0.5) is 34.8 Å². The predicted molar refractivity (Wildman–Crippen MR) is 143 cm³/mol. The van der Waals surface area contributed by atoms with Crippen LogP contribution >= 0.6 is 0 Å². The molecule has 36 heavy (non-hydrogen) atoms. The van der Waals surface area contributed by atoms with E-state index in [-0.39, 0.29) is 0 Å². The maximum absolute atomic E-state index is 9.44. The zero-order valence-corrected chi connectivity index (χ0v) is 20.6. The van der Waals surface area contributed by atoms with Gasteiger partial charge >= 0.3 is 0 Å². The summed E-state index contributed by atoms with van der Waals surface area (Å²) >= 11 is 0. The summed E-state index contributed by atoms with van der Waals surface area (Å²) in [4.78, 5) is 20.5. The van der Waals surface area contributed by atoms with Crippen molar-refractivity contribution in [3.05, 3.63) is 54.2 Å². The second-order valence-corrected chi connectivity index (χ2v) is 9.37. The minimum atomic E-state index is 0.319. The monoisotopic (exact) mass is 484 g/mol. The lowest BCUT2D eigenvalue weighted by molar-refractivity contribution is 0.115. The fourth-order valence-corrected chi connectivity index (χ4v) is 4.85. The molecule has 2 aliphatic rings. The lowest BCUT2D eigenvalue weighted by atomic mass is 10.0. The number of nitrogens with two attached hydrogens (primary N) is 1. The number of aromatic nitrogens is 3. The Bertz CT molecular complexity index is 1210. The Kier molecular flexibility index (Phi) is 7.11. The van der Waals surface area contributed by atoms with Gasteiger partial charge in [-0.05, 0) is 69.4 Å². The Morgan fingerprint density at radius 2 is 1.69 bits per heavy atom. The number of rotatable bonds is 6. The Morgan fingerprint density at radius 1 is 0.944 bits per heavy atom. The van der Waals surface area contributed by atoms with Crippen molar-refractivity contribution in [2.75, 3.05) is 67.6 Å². The van der Waals surface area contributed by atoms with Gasteiger partial charge in [-0.3, -0.25) is 4.90 Å². The molecule has 4 N–H and O–H groups in total. The molecule has 0 aliphatic carbocycles. The van der Waals surface area contributed by atoms with Crippen molar-refractivity contribution in [3.63, 3.8) is 0 Å². The molecule has 2 aliphatic heterocycles. The second-order valence-electron chi connectivity index (χ2n) is 9.37. The number of nitrogen functional groups attached to an aromatic ring is 1. The first-order valence-corrected chi connectivity index (χ1v) is 12.4. The number of benzene rings is 1. The summed E-state index contributed by atoms with van der Waals surface area (Å²) in [6.45, 7) is 6.74. The van der Waals surface area contributed by atoms with Gasteiger partial charge in [-0.25, -0.2) is 9.97 Å². The average Bonchev–Trinajstić information content (AvgIpc) is 2.90. The lowest BCUT2D eigenvalue weighted by Gasteiger charge is -2.42. The smallest absolute Gasteiger partial charge is 0.229 e. The summed E-state index contributed by atoms with van der Waals surface area (Å²) in [6, 6.07) is 16.4. The van der Waals surface area contributed by atoms with E-state index < -0.39 is 0 Å². The van der Waals surface area contributed by atoms with Gasteiger partial charge in [0.05, 0.1) is 6.20 Å². The number of nitrogens with zero attached hydrogens (tertiary/aromatic N) is 7. The molecule has 10 heteroatoms. The number of nitriles is 1. The molecule has 4 heterocycles. The molecule has 0 atom stereocenters. The van der Waals surface area contributed by atoms with E-state index in [0.717, 1.165) is 37.9 Å². The highest BCUT2D eigenvalue weighted by atomic mass is 15.3. The molecule has 0 spiro atoms. The van der Waals surface area contributed by atoms with Gasteiger partial charge in [0.15, 0.2) is 5.82 Å². The number of likely N-dealkylation sites (tertiary alicyclic amines) is 1. The van der Waals surface area contributed by atoms with Crippen LogP contribution < -0.4 is 21.3 Å². The minimum Gasteiger partial charge on any atom is -0.384 e. The van der Waals surface area contributed by atoms with E-state index in [9.17, 15) is 5.26 Å². The molecule has 0 radical (unpaired) electrons. The largest absolute Gasteiger partial charge is 0.384 e. The van der Waals surface area contributed by atoms with Crippen LogP contribution in [0, 0.1) is 11.3 Å². The minimum absolute atomic E-state index is 0.319. The quantitative estimate of drug-likeness (QED) is 0.481. The van der Waals surface area contributed by atoms with Gasteiger partial charge in [0.25, 0.3) is 0 Å². The lowest BCUT2D eigenvalue weighted by Crippen LogP contribution is -2.52. The van der Waals surface area contributed by atoms with E-state index in [1.807, 2.05) is 12.1 Å².